The topological polar surface area (TPSA) is 26.3 Å². The predicted molar refractivity (Wildman–Crippen MR) is 45.7 cm³/mol. The van der Waals surface area contributed by atoms with Crippen LogP contribution in [-0.2, 0) is 9.53 Å². The zero-order chi connectivity index (χ0) is 8.55. The number of carbonyl (C=O) groups excluding carboxylic acids is 1. The van der Waals surface area contributed by atoms with E-state index in [1.807, 2.05) is 0 Å². The molecule has 12 heavy (non-hydrogen) atoms. The molecule has 1 heterocycles. The summed E-state index contributed by atoms with van der Waals surface area (Å²) in [6, 6.07) is 0. The zero-order valence-corrected chi connectivity index (χ0v) is 7.43. The summed E-state index contributed by atoms with van der Waals surface area (Å²) in [5, 5.41) is 0. The van der Waals surface area contributed by atoms with Crippen LogP contribution in [0, 0.1) is 0 Å². The first-order valence-corrected chi connectivity index (χ1v) is 4.65. The Balaban J connectivity index is 2.07. The SMILES string of the molecule is CC(=O)C1CC2=C(CCCC2)O1. The lowest BCUT2D eigenvalue weighted by Gasteiger charge is -2.12. The van der Waals surface area contributed by atoms with E-state index in [0.717, 1.165) is 25.0 Å². The van der Waals surface area contributed by atoms with Crippen LogP contribution in [0.5, 0.6) is 0 Å². The number of hydrogen-bond donors (Lipinski definition) is 0. The fraction of sp³-hybridized carbons (Fsp3) is 0.700. The first kappa shape index (κ1) is 7.84. The molecule has 0 bridgehead atoms. The number of ketones is 1. The van der Waals surface area contributed by atoms with E-state index < -0.39 is 0 Å². The molecule has 1 aliphatic heterocycles. The Labute approximate surface area is 72.6 Å². The van der Waals surface area contributed by atoms with Crippen LogP contribution in [0.15, 0.2) is 11.3 Å². The maximum atomic E-state index is 11.0. The molecule has 0 aromatic rings. The minimum Gasteiger partial charge on any atom is -0.487 e. The molecular weight excluding hydrogens is 152 g/mol. The second-order valence-electron chi connectivity index (χ2n) is 3.66. The molecule has 0 spiro atoms. The van der Waals surface area contributed by atoms with Crippen LogP contribution in [0.4, 0.5) is 0 Å². The first-order valence-electron chi connectivity index (χ1n) is 4.65. The normalized spacial score (nSPS) is 28.2. The molecule has 0 aromatic heterocycles. The number of allylic oxidation sites excluding steroid dienone is 1. The Hall–Kier alpha value is -0.790. The molecule has 2 aliphatic rings. The molecular formula is C10H14O2. The summed E-state index contributed by atoms with van der Waals surface area (Å²) in [6.07, 6.45) is 5.42. The Bertz CT molecular complexity index is 222. The largest absolute Gasteiger partial charge is 0.487 e. The molecule has 0 fully saturated rings. The Morgan fingerprint density at radius 3 is 2.83 bits per heavy atom. The molecule has 1 atom stereocenters. The van der Waals surface area contributed by atoms with E-state index in [1.54, 1.807) is 6.92 Å². The van der Waals surface area contributed by atoms with Gasteiger partial charge in [0.05, 0.1) is 5.76 Å². The van der Waals surface area contributed by atoms with Gasteiger partial charge in [-0.05, 0) is 31.8 Å². The van der Waals surface area contributed by atoms with E-state index >= 15 is 0 Å². The first-order chi connectivity index (χ1) is 5.77. The molecule has 0 N–H and O–H groups in total. The van der Waals surface area contributed by atoms with Gasteiger partial charge in [-0.3, -0.25) is 4.79 Å². The van der Waals surface area contributed by atoms with E-state index in [2.05, 4.69) is 0 Å². The minimum atomic E-state index is -0.145. The lowest BCUT2D eigenvalue weighted by Crippen LogP contribution is -2.16. The minimum absolute atomic E-state index is 0.145. The van der Waals surface area contributed by atoms with Crippen molar-refractivity contribution >= 4 is 5.78 Å². The fourth-order valence-electron chi connectivity index (χ4n) is 1.96. The fourth-order valence-corrected chi connectivity index (χ4v) is 1.96. The zero-order valence-electron chi connectivity index (χ0n) is 7.43. The summed E-state index contributed by atoms with van der Waals surface area (Å²) in [4.78, 5) is 11.0. The highest BCUT2D eigenvalue weighted by molar-refractivity contribution is 5.81. The summed E-state index contributed by atoms with van der Waals surface area (Å²) < 4.78 is 5.56. The van der Waals surface area contributed by atoms with Crippen LogP contribution in [0.3, 0.4) is 0 Å². The summed E-state index contributed by atoms with van der Waals surface area (Å²) in [5.41, 5.74) is 1.40. The van der Waals surface area contributed by atoms with Crippen molar-refractivity contribution in [1.82, 2.24) is 0 Å². The lowest BCUT2D eigenvalue weighted by atomic mass is 9.95. The second-order valence-corrected chi connectivity index (χ2v) is 3.66. The average Bonchev–Trinajstić information content (AvgIpc) is 2.46. The molecule has 1 aliphatic carbocycles. The van der Waals surface area contributed by atoms with Crippen molar-refractivity contribution in [3.63, 3.8) is 0 Å². The summed E-state index contributed by atoms with van der Waals surface area (Å²) in [5.74, 6) is 1.30. The third-order valence-corrected chi connectivity index (χ3v) is 2.70. The third kappa shape index (κ3) is 1.26. The van der Waals surface area contributed by atoms with Crippen molar-refractivity contribution in [2.24, 2.45) is 0 Å². The van der Waals surface area contributed by atoms with Crippen molar-refractivity contribution in [1.29, 1.82) is 0 Å². The van der Waals surface area contributed by atoms with Gasteiger partial charge >= 0.3 is 0 Å². The van der Waals surface area contributed by atoms with E-state index in [4.69, 9.17) is 4.74 Å². The molecule has 0 aromatic carbocycles. The van der Waals surface area contributed by atoms with Crippen LogP contribution < -0.4 is 0 Å². The number of ether oxygens (including phenoxy) is 1. The van der Waals surface area contributed by atoms with Crippen LogP contribution in [0.2, 0.25) is 0 Å². The van der Waals surface area contributed by atoms with Crippen LogP contribution in [0.1, 0.15) is 39.0 Å². The van der Waals surface area contributed by atoms with E-state index in [9.17, 15) is 4.79 Å². The highest BCUT2D eigenvalue weighted by atomic mass is 16.5. The Morgan fingerprint density at radius 1 is 1.42 bits per heavy atom. The summed E-state index contributed by atoms with van der Waals surface area (Å²) in [6.45, 7) is 1.61. The molecule has 0 saturated heterocycles. The van der Waals surface area contributed by atoms with Crippen molar-refractivity contribution in [2.45, 2.75) is 45.1 Å². The van der Waals surface area contributed by atoms with Gasteiger partial charge in [-0.2, -0.15) is 0 Å². The van der Waals surface area contributed by atoms with Gasteiger partial charge in [0.15, 0.2) is 11.9 Å². The third-order valence-electron chi connectivity index (χ3n) is 2.70. The van der Waals surface area contributed by atoms with Crippen molar-refractivity contribution in [3.05, 3.63) is 11.3 Å². The van der Waals surface area contributed by atoms with Gasteiger partial charge in [-0.1, -0.05) is 0 Å². The van der Waals surface area contributed by atoms with Gasteiger partial charge < -0.3 is 4.74 Å². The van der Waals surface area contributed by atoms with E-state index in [-0.39, 0.29) is 11.9 Å². The van der Waals surface area contributed by atoms with Crippen LogP contribution in [0.25, 0.3) is 0 Å². The van der Waals surface area contributed by atoms with Gasteiger partial charge in [0, 0.05) is 12.8 Å². The lowest BCUT2D eigenvalue weighted by molar-refractivity contribution is -0.125. The highest BCUT2D eigenvalue weighted by Gasteiger charge is 2.29. The number of hydrogen-bond acceptors (Lipinski definition) is 2. The molecule has 1 unspecified atom stereocenters. The number of carbonyl (C=O) groups is 1. The predicted octanol–water partition coefficient (Wildman–Crippen LogP) is 2.19. The Morgan fingerprint density at radius 2 is 2.17 bits per heavy atom. The van der Waals surface area contributed by atoms with Crippen LogP contribution >= 0.6 is 0 Å². The smallest absolute Gasteiger partial charge is 0.170 e. The van der Waals surface area contributed by atoms with Crippen molar-refractivity contribution < 1.29 is 9.53 Å². The van der Waals surface area contributed by atoms with Gasteiger partial charge in [-0.15, -0.1) is 0 Å². The maximum absolute atomic E-state index is 11.0. The Kier molecular flexibility index (Phi) is 1.91. The number of rotatable bonds is 1. The molecule has 0 saturated carbocycles. The highest BCUT2D eigenvalue weighted by Crippen LogP contribution is 2.35. The van der Waals surface area contributed by atoms with Gasteiger partial charge in [-0.25, -0.2) is 0 Å². The molecule has 2 nitrogen and oxygen atoms in total. The standard InChI is InChI=1S/C10H14O2/c1-7(11)10-6-8-4-2-3-5-9(8)12-10/h10H,2-6H2,1H3. The molecule has 0 amide bonds. The van der Waals surface area contributed by atoms with E-state index in [1.165, 1.54) is 18.4 Å². The van der Waals surface area contributed by atoms with E-state index in [0.29, 0.717) is 0 Å². The summed E-state index contributed by atoms with van der Waals surface area (Å²) >= 11 is 0. The van der Waals surface area contributed by atoms with Gasteiger partial charge in [0.1, 0.15) is 0 Å². The van der Waals surface area contributed by atoms with Crippen molar-refractivity contribution in [2.75, 3.05) is 0 Å². The van der Waals surface area contributed by atoms with Crippen molar-refractivity contribution in [3.8, 4) is 0 Å². The van der Waals surface area contributed by atoms with Crippen LogP contribution in [-0.4, -0.2) is 11.9 Å². The summed E-state index contributed by atoms with van der Waals surface area (Å²) in [7, 11) is 0. The molecule has 2 heteroatoms. The second kappa shape index (κ2) is 2.92. The molecule has 66 valence electrons. The quantitative estimate of drug-likeness (QED) is 0.597. The van der Waals surface area contributed by atoms with Gasteiger partial charge in [0.25, 0.3) is 0 Å². The molecule has 2 rings (SSSR count). The average molecular weight is 166 g/mol. The maximum Gasteiger partial charge on any atom is 0.170 e. The van der Waals surface area contributed by atoms with Gasteiger partial charge in [0.2, 0.25) is 0 Å². The molecule has 0 radical (unpaired) electrons. The monoisotopic (exact) mass is 166 g/mol. The number of Topliss-reactive ketones (excluding diaryl/α,β-unsaturated/α-hetero) is 1.